The quantitative estimate of drug-likeness (QED) is 0.504. The molecule has 0 aliphatic heterocycles. The molecule has 0 heterocycles. The van der Waals surface area contributed by atoms with Gasteiger partial charge in [-0.15, -0.1) is 0 Å². The number of aryl methyl sites for hydroxylation is 1. The molecule has 0 saturated heterocycles. The topological polar surface area (TPSA) is 0 Å². The number of rotatable bonds is 9. The zero-order chi connectivity index (χ0) is 15.0. The van der Waals surface area contributed by atoms with E-state index in [0.29, 0.717) is 0 Å². The second kappa shape index (κ2) is 10.1. The second-order valence-electron chi connectivity index (χ2n) is 5.67. The first-order chi connectivity index (χ1) is 9.65. The normalized spacial score (nSPS) is 11.1. The van der Waals surface area contributed by atoms with Gasteiger partial charge in [0.2, 0.25) is 0 Å². The molecule has 0 fully saturated rings. The van der Waals surface area contributed by atoms with Crippen molar-refractivity contribution in [2.24, 2.45) is 0 Å². The number of hydrogen-bond donors (Lipinski definition) is 0. The molecule has 0 atom stereocenters. The van der Waals surface area contributed by atoms with Crippen LogP contribution >= 0.6 is 11.6 Å². The van der Waals surface area contributed by atoms with Crippen molar-refractivity contribution in [3.63, 3.8) is 0 Å². The molecule has 0 aliphatic carbocycles. The van der Waals surface area contributed by atoms with E-state index in [1.54, 1.807) is 31.7 Å². The maximum absolute atomic E-state index is 6.75. The van der Waals surface area contributed by atoms with Crippen LogP contribution in [0.1, 0.15) is 76.0 Å². The van der Waals surface area contributed by atoms with Gasteiger partial charge in [-0.1, -0.05) is 0 Å². The average molecular weight is 399 g/mol. The Labute approximate surface area is 143 Å². The number of halogens is 1. The molecule has 3 radical (unpaired) electrons. The van der Waals surface area contributed by atoms with Crippen molar-refractivity contribution in [1.29, 1.82) is 0 Å². The van der Waals surface area contributed by atoms with Crippen molar-refractivity contribution in [3.8, 4) is 0 Å². The second-order valence-corrected chi connectivity index (χ2v) is 7.58. The van der Waals surface area contributed by atoms with Gasteiger partial charge < -0.3 is 0 Å². The molecule has 0 spiro atoms. The van der Waals surface area contributed by atoms with Crippen LogP contribution in [0, 0.1) is 0 Å². The maximum atomic E-state index is 6.75. The van der Waals surface area contributed by atoms with Crippen molar-refractivity contribution in [2.75, 3.05) is 0 Å². The third kappa shape index (κ3) is 5.25. The van der Waals surface area contributed by atoms with Crippen LogP contribution in [0.2, 0.25) is 5.02 Å². The fourth-order valence-corrected chi connectivity index (χ4v) is 4.26. The molecule has 0 nitrogen and oxygen atoms in total. The first kappa shape index (κ1) is 18.4. The van der Waals surface area contributed by atoms with Crippen LogP contribution in [0.15, 0.2) is 6.07 Å². The van der Waals surface area contributed by atoms with E-state index in [0.717, 1.165) is 17.9 Å². The number of hydrogen-bond acceptors (Lipinski definition) is 0. The van der Waals surface area contributed by atoms with E-state index in [-0.39, 0.29) is 0 Å². The summed E-state index contributed by atoms with van der Waals surface area (Å²) in [4.78, 5) is 0. The molecule has 0 aliphatic rings. The van der Waals surface area contributed by atoms with Crippen LogP contribution in [0.3, 0.4) is 0 Å². The summed E-state index contributed by atoms with van der Waals surface area (Å²) in [5.74, 6) is 0. The third-order valence-electron chi connectivity index (χ3n) is 3.92. The Hall–Kier alpha value is 0.309. The summed E-state index contributed by atoms with van der Waals surface area (Å²) >= 11 is 8.29. The predicted molar refractivity (Wildman–Crippen MR) is 92.7 cm³/mol. The van der Waals surface area contributed by atoms with Gasteiger partial charge in [-0.2, -0.15) is 0 Å². The van der Waals surface area contributed by atoms with Crippen molar-refractivity contribution in [1.82, 2.24) is 0 Å². The minimum atomic E-state index is 1.09. The van der Waals surface area contributed by atoms with Gasteiger partial charge in [-0.25, -0.2) is 0 Å². The number of unbranched alkanes of at least 4 members (excludes halogenated alkanes) is 3. The molecule has 20 heavy (non-hydrogen) atoms. The Morgan fingerprint density at radius 2 is 1.35 bits per heavy atom. The van der Waals surface area contributed by atoms with Gasteiger partial charge in [0.15, 0.2) is 0 Å². The third-order valence-corrected chi connectivity index (χ3v) is 5.66. The molecule has 0 N–H and O–H groups in total. The molecule has 0 bridgehead atoms. The summed E-state index contributed by atoms with van der Waals surface area (Å²) < 4.78 is 1.55. The molecular weight excluding hydrogens is 370 g/mol. The standard InChI is InChI=1S/C18H28Cl.Sn/c1-4-7-10-15-13-14-16(11-8-5-2)18(19)17(15)12-9-6-3;/h14H,4-12H2,1-3H3;. The van der Waals surface area contributed by atoms with Crippen LogP contribution in [0.25, 0.3) is 0 Å². The van der Waals surface area contributed by atoms with Crippen molar-refractivity contribution in [3.05, 3.63) is 27.8 Å². The van der Waals surface area contributed by atoms with Gasteiger partial charge in [0, 0.05) is 0 Å². The van der Waals surface area contributed by atoms with E-state index in [4.69, 9.17) is 11.6 Å². The van der Waals surface area contributed by atoms with Gasteiger partial charge >= 0.3 is 144 Å². The molecule has 1 aromatic rings. The van der Waals surface area contributed by atoms with E-state index >= 15 is 0 Å². The minimum absolute atomic E-state index is 1.09. The molecule has 111 valence electrons. The van der Waals surface area contributed by atoms with E-state index in [2.05, 4.69) is 26.8 Å². The van der Waals surface area contributed by atoms with Crippen LogP contribution < -0.4 is 3.58 Å². The molecule has 0 saturated carbocycles. The molecule has 0 unspecified atom stereocenters. The Balaban J connectivity index is 3.11. The van der Waals surface area contributed by atoms with E-state index < -0.39 is 0 Å². The van der Waals surface area contributed by atoms with Crippen molar-refractivity contribution in [2.45, 2.75) is 78.6 Å². The monoisotopic (exact) mass is 399 g/mol. The van der Waals surface area contributed by atoms with Gasteiger partial charge in [0.25, 0.3) is 0 Å². The van der Waals surface area contributed by atoms with Crippen molar-refractivity contribution < 1.29 is 0 Å². The molecule has 1 rings (SSSR count). The van der Waals surface area contributed by atoms with Crippen LogP contribution in [0.4, 0.5) is 0 Å². The summed E-state index contributed by atoms with van der Waals surface area (Å²) in [6.07, 6.45) is 11.1. The van der Waals surface area contributed by atoms with Gasteiger partial charge in [0.1, 0.15) is 0 Å². The zero-order valence-corrected chi connectivity index (χ0v) is 16.9. The zero-order valence-electron chi connectivity index (χ0n) is 13.3. The van der Waals surface area contributed by atoms with E-state index in [1.165, 1.54) is 56.1 Å². The number of benzene rings is 1. The summed E-state index contributed by atoms with van der Waals surface area (Å²) in [7, 11) is 0. The van der Waals surface area contributed by atoms with Gasteiger partial charge in [0.05, 0.1) is 0 Å². The summed E-state index contributed by atoms with van der Waals surface area (Å²) in [6.45, 7) is 6.78. The van der Waals surface area contributed by atoms with Crippen molar-refractivity contribution >= 4 is 37.7 Å². The van der Waals surface area contributed by atoms with E-state index in [9.17, 15) is 0 Å². The van der Waals surface area contributed by atoms with E-state index in [1.807, 2.05) is 0 Å². The molecular formula is C18H28ClSn. The fraction of sp³-hybridized carbons (Fsp3) is 0.667. The summed E-state index contributed by atoms with van der Waals surface area (Å²) in [6, 6.07) is 2.39. The van der Waals surface area contributed by atoms with Crippen LogP contribution in [-0.2, 0) is 19.3 Å². The molecule has 0 amide bonds. The first-order valence-electron chi connectivity index (χ1n) is 8.20. The summed E-state index contributed by atoms with van der Waals surface area (Å²) in [5, 5.41) is 1.09. The van der Waals surface area contributed by atoms with Crippen LogP contribution in [-0.4, -0.2) is 22.5 Å². The van der Waals surface area contributed by atoms with Crippen LogP contribution in [0.5, 0.6) is 0 Å². The Morgan fingerprint density at radius 1 is 0.850 bits per heavy atom. The Morgan fingerprint density at radius 3 is 1.90 bits per heavy atom. The molecule has 0 aromatic heterocycles. The molecule has 1 aromatic carbocycles. The van der Waals surface area contributed by atoms with Gasteiger partial charge in [-0.3, -0.25) is 0 Å². The van der Waals surface area contributed by atoms with Gasteiger partial charge in [-0.05, 0) is 0 Å². The average Bonchev–Trinajstić information content (AvgIpc) is 2.45. The predicted octanol–water partition coefficient (Wildman–Crippen LogP) is 5.16. The molecule has 2 heteroatoms. The first-order valence-corrected chi connectivity index (χ1v) is 10.0. The Bertz CT molecular complexity index is 412. The summed E-state index contributed by atoms with van der Waals surface area (Å²) in [5.41, 5.74) is 4.44. The fourth-order valence-electron chi connectivity index (χ4n) is 2.62. The SMILES string of the molecule is CCCCc1c[c]([Sn])c(CCCC)c(CCCC)c1Cl. The Kier molecular flexibility index (Phi) is 9.28.